The number of likely N-dealkylation sites (N-methyl/N-ethyl adjacent to an activating group) is 1. The molecule has 1 fully saturated rings. The molecule has 0 aromatic carbocycles. The van der Waals surface area contributed by atoms with Gasteiger partial charge in [-0.15, -0.1) is 0 Å². The number of hydrogen-bond donors (Lipinski definition) is 2. The molecule has 0 aliphatic heterocycles. The Morgan fingerprint density at radius 3 is 2.83 bits per heavy atom. The molecule has 12 heavy (non-hydrogen) atoms. The van der Waals surface area contributed by atoms with Crippen LogP contribution in [0.3, 0.4) is 0 Å². The Morgan fingerprint density at radius 2 is 2.33 bits per heavy atom. The Bertz CT molecular complexity index is 146. The molecule has 2 N–H and O–H groups in total. The molecule has 1 rings (SSSR count). The lowest BCUT2D eigenvalue weighted by molar-refractivity contribution is 0.137. The first-order valence-corrected chi connectivity index (χ1v) is 4.41. The number of alkyl carbamates (subject to hydrolysis) is 1. The molecule has 1 aliphatic carbocycles. The second-order valence-corrected chi connectivity index (χ2v) is 3.01. The topological polar surface area (TPSA) is 50.4 Å². The molecule has 0 aromatic heterocycles. The summed E-state index contributed by atoms with van der Waals surface area (Å²) in [5, 5.41) is 5.69. The molecule has 1 amide bonds. The van der Waals surface area contributed by atoms with E-state index in [1.54, 1.807) is 0 Å². The molecule has 0 unspecified atom stereocenters. The van der Waals surface area contributed by atoms with Crippen LogP contribution in [0.5, 0.6) is 0 Å². The van der Waals surface area contributed by atoms with Crippen molar-refractivity contribution in [3.63, 3.8) is 0 Å². The third-order valence-corrected chi connectivity index (χ3v) is 2.01. The number of amides is 1. The second-order valence-electron chi connectivity index (χ2n) is 3.01. The maximum absolute atomic E-state index is 11.0. The van der Waals surface area contributed by atoms with Crippen molar-refractivity contribution in [2.24, 2.45) is 0 Å². The highest BCUT2D eigenvalue weighted by Gasteiger charge is 2.19. The molecule has 0 heterocycles. The molecule has 4 heteroatoms. The standard InChI is InChI=1S/C8H16N2O2/c1-9-5-6-12-8(11)10-7-3-2-4-7/h7,9H,2-6H2,1H3,(H,10,11). The molecular weight excluding hydrogens is 156 g/mol. The maximum Gasteiger partial charge on any atom is 0.407 e. The first kappa shape index (κ1) is 9.32. The molecule has 0 bridgehead atoms. The van der Waals surface area contributed by atoms with E-state index >= 15 is 0 Å². The van der Waals surface area contributed by atoms with Gasteiger partial charge in [-0.05, 0) is 26.3 Å². The predicted molar refractivity (Wildman–Crippen MR) is 46.0 cm³/mol. The second kappa shape index (κ2) is 4.98. The van der Waals surface area contributed by atoms with Crippen LogP contribution in [-0.4, -0.2) is 32.3 Å². The van der Waals surface area contributed by atoms with Crippen LogP contribution in [-0.2, 0) is 4.74 Å². The van der Waals surface area contributed by atoms with Gasteiger partial charge in [0.2, 0.25) is 0 Å². The fraction of sp³-hybridized carbons (Fsp3) is 0.875. The zero-order chi connectivity index (χ0) is 8.81. The van der Waals surface area contributed by atoms with Gasteiger partial charge >= 0.3 is 6.09 Å². The monoisotopic (exact) mass is 172 g/mol. The van der Waals surface area contributed by atoms with E-state index in [4.69, 9.17) is 4.74 Å². The summed E-state index contributed by atoms with van der Waals surface area (Å²) >= 11 is 0. The van der Waals surface area contributed by atoms with Crippen LogP contribution in [0.15, 0.2) is 0 Å². The summed E-state index contributed by atoms with van der Waals surface area (Å²) < 4.78 is 4.88. The van der Waals surface area contributed by atoms with Crippen molar-refractivity contribution >= 4 is 6.09 Å². The first-order chi connectivity index (χ1) is 5.83. The summed E-state index contributed by atoms with van der Waals surface area (Å²) in [5.74, 6) is 0. The largest absolute Gasteiger partial charge is 0.448 e. The van der Waals surface area contributed by atoms with Gasteiger partial charge in [-0.25, -0.2) is 4.79 Å². The quantitative estimate of drug-likeness (QED) is 0.606. The summed E-state index contributed by atoms with van der Waals surface area (Å²) in [4.78, 5) is 11.0. The molecule has 4 nitrogen and oxygen atoms in total. The van der Waals surface area contributed by atoms with Gasteiger partial charge in [0.25, 0.3) is 0 Å². The summed E-state index contributed by atoms with van der Waals surface area (Å²) in [6, 6.07) is 0.368. The van der Waals surface area contributed by atoms with E-state index in [-0.39, 0.29) is 6.09 Å². The van der Waals surface area contributed by atoms with Crippen LogP contribution in [0.25, 0.3) is 0 Å². The van der Waals surface area contributed by atoms with Crippen LogP contribution in [0.2, 0.25) is 0 Å². The third kappa shape index (κ3) is 3.09. The number of carbonyl (C=O) groups is 1. The summed E-state index contributed by atoms with van der Waals surface area (Å²) in [6.07, 6.45) is 3.14. The van der Waals surface area contributed by atoms with Gasteiger partial charge in [-0.2, -0.15) is 0 Å². The maximum atomic E-state index is 11.0. The van der Waals surface area contributed by atoms with Gasteiger partial charge < -0.3 is 15.4 Å². The fourth-order valence-electron chi connectivity index (χ4n) is 1.01. The molecule has 1 saturated carbocycles. The lowest BCUT2D eigenvalue weighted by Crippen LogP contribution is -2.40. The molecule has 0 radical (unpaired) electrons. The smallest absolute Gasteiger partial charge is 0.407 e. The van der Waals surface area contributed by atoms with Crippen molar-refractivity contribution in [3.05, 3.63) is 0 Å². The summed E-state index contributed by atoms with van der Waals surface area (Å²) in [6.45, 7) is 1.15. The predicted octanol–water partition coefficient (Wildman–Crippen LogP) is 0.484. The molecule has 0 atom stereocenters. The van der Waals surface area contributed by atoms with Crippen molar-refractivity contribution in [1.82, 2.24) is 10.6 Å². The summed E-state index contributed by atoms with van der Waals surface area (Å²) in [7, 11) is 1.83. The Hall–Kier alpha value is -0.770. The minimum Gasteiger partial charge on any atom is -0.448 e. The number of hydrogen-bond acceptors (Lipinski definition) is 3. The van der Waals surface area contributed by atoms with E-state index in [2.05, 4.69) is 10.6 Å². The molecule has 0 aromatic rings. The highest BCUT2D eigenvalue weighted by molar-refractivity contribution is 5.67. The normalized spacial score (nSPS) is 16.8. The number of nitrogens with one attached hydrogen (secondary N) is 2. The highest BCUT2D eigenvalue weighted by Crippen LogP contribution is 2.17. The van der Waals surface area contributed by atoms with E-state index in [1.165, 1.54) is 6.42 Å². The minimum atomic E-state index is -0.282. The Kier molecular flexibility index (Phi) is 3.87. The van der Waals surface area contributed by atoms with Gasteiger partial charge in [0.15, 0.2) is 0 Å². The van der Waals surface area contributed by atoms with Crippen molar-refractivity contribution in [2.75, 3.05) is 20.2 Å². The minimum absolute atomic E-state index is 0.282. The van der Waals surface area contributed by atoms with Crippen molar-refractivity contribution in [3.8, 4) is 0 Å². The van der Waals surface area contributed by atoms with Crippen molar-refractivity contribution in [2.45, 2.75) is 25.3 Å². The van der Waals surface area contributed by atoms with Gasteiger partial charge in [0, 0.05) is 12.6 Å². The van der Waals surface area contributed by atoms with E-state index in [1.807, 2.05) is 7.05 Å². The first-order valence-electron chi connectivity index (χ1n) is 4.41. The zero-order valence-corrected chi connectivity index (χ0v) is 7.43. The molecule has 70 valence electrons. The number of rotatable bonds is 4. The van der Waals surface area contributed by atoms with E-state index in [0.29, 0.717) is 19.2 Å². The van der Waals surface area contributed by atoms with Crippen molar-refractivity contribution in [1.29, 1.82) is 0 Å². The Balaban J connectivity index is 1.95. The molecule has 0 saturated heterocycles. The fourth-order valence-corrected chi connectivity index (χ4v) is 1.01. The van der Waals surface area contributed by atoms with Crippen LogP contribution < -0.4 is 10.6 Å². The lowest BCUT2D eigenvalue weighted by atomic mass is 9.93. The van der Waals surface area contributed by atoms with Gasteiger partial charge in [0.1, 0.15) is 6.61 Å². The average molecular weight is 172 g/mol. The van der Waals surface area contributed by atoms with E-state index < -0.39 is 0 Å². The van der Waals surface area contributed by atoms with Gasteiger partial charge in [0.05, 0.1) is 0 Å². The van der Waals surface area contributed by atoms with Gasteiger partial charge in [-0.1, -0.05) is 0 Å². The van der Waals surface area contributed by atoms with Crippen LogP contribution in [0, 0.1) is 0 Å². The number of carbonyl (C=O) groups excluding carboxylic acids is 1. The number of ether oxygens (including phenoxy) is 1. The van der Waals surface area contributed by atoms with Crippen LogP contribution in [0.1, 0.15) is 19.3 Å². The van der Waals surface area contributed by atoms with E-state index in [0.717, 1.165) is 12.8 Å². The average Bonchev–Trinajstić information content (AvgIpc) is 1.98. The SMILES string of the molecule is CNCCOC(=O)NC1CCC1. The Labute approximate surface area is 72.7 Å². The molecule has 0 spiro atoms. The van der Waals surface area contributed by atoms with Crippen LogP contribution in [0.4, 0.5) is 4.79 Å². The van der Waals surface area contributed by atoms with Crippen molar-refractivity contribution < 1.29 is 9.53 Å². The van der Waals surface area contributed by atoms with Gasteiger partial charge in [-0.3, -0.25) is 0 Å². The summed E-state index contributed by atoms with van der Waals surface area (Å²) in [5.41, 5.74) is 0. The lowest BCUT2D eigenvalue weighted by Gasteiger charge is -2.25. The molecular formula is C8H16N2O2. The highest BCUT2D eigenvalue weighted by atomic mass is 16.5. The zero-order valence-electron chi connectivity index (χ0n) is 7.43. The van der Waals surface area contributed by atoms with E-state index in [9.17, 15) is 4.79 Å². The Morgan fingerprint density at radius 1 is 1.58 bits per heavy atom. The van der Waals surface area contributed by atoms with Crippen LogP contribution >= 0.6 is 0 Å². The third-order valence-electron chi connectivity index (χ3n) is 2.01. The molecule has 1 aliphatic rings.